The van der Waals surface area contributed by atoms with Crippen molar-refractivity contribution in [2.24, 2.45) is 11.7 Å². The first-order valence-corrected chi connectivity index (χ1v) is 5.19. The highest BCUT2D eigenvalue weighted by Crippen LogP contribution is 2.46. The van der Waals surface area contributed by atoms with Crippen molar-refractivity contribution in [1.82, 2.24) is 0 Å². The number of hydrogen-bond donors (Lipinski definition) is 1. The van der Waals surface area contributed by atoms with Gasteiger partial charge < -0.3 is 10.6 Å². The molecule has 2 atom stereocenters. The topological polar surface area (TPSA) is 29.3 Å². The van der Waals surface area contributed by atoms with Crippen LogP contribution in [0.1, 0.15) is 17.9 Å². The van der Waals surface area contributed by atoms with Crippen LogP contribution in [-0.4, -0.2) is 20.6 Å². The van der Waals surface area contributed by atoms with E-state index in [1.165, 1.54) is 17.7 Å². The highest BCUT2D eigenvalue weighted by Gasteiger charge is 2.36. The van der Waals surface area contributed by atoms with E-state index >= 15 is 0 Å². The maximum absolute atomic E-state index is 5.63. The first-order chi connectivity index (χ1) is 6.72. The number of nitrogens with two attached hydrogens (primary N) is 1. The Kier molecular flexibility index (Phi) is 2.46. The zero-order valence-corrected chi connectivity index (χ0v) is 8.90. The number of hydrogen-bond acceptors (Lipinski definition) is 2. The van der Waals surface area contributed by atoms with Crippen LogP contribution in [-0.2, 0) is 0 Å². The molecule has 0 aliphatic heterocycles. The van der Waals surface area contributed by atoms with Crippen LogP contribution in [0.15, 0.2) is 24.3 Å². The van der Waals surface area contributed by atoms with Crippen molar-refractivity contribution in [3.05, 3.63) is 29.8 Å². The predicted octanol–water partition coefficient (Wildman–Crippen LogP) is 1.81. The molecular weight excluding hydrogens is 172 g/mol. The summed E-state index contributed by atoms with van der Waals surface area (Å²) in [6.45, 7) is 0.833. The van der Waals surface area contributed by atoms with Gasteiger partial charge in [0.1, 0.15) is 0 Å². The summed E-state index contributed by atoms with van der Waals surface area (Å²) in [4.78, 5) is 2.12. The second-order valence-corrected chi connectivity index (χ2v) is 4.32. The molecule has 0 spiro atoms. The highest BCUT2D eigenvalue weighted by atomic mass is 15.1. The summed E-state index contributed by atoms with van der Waals surface area (Å²) >= 11 is 0. The summed E-state index contributed by atoms with van der Waals surface area (Å²) in [7, 11) is 4.13. The van der Waals surface area contributed by atoms with Crippen molar-refractivity contribution >= 4 is 5.69 Å². The molecule has 0 bridgehead atoms. The minimum absolute atomic E-state index is 0.733. The Morgan fingerprint density at radius 1 is 1.29 bits per heavy atom. The molecule has 14 heavy (non-hydrogen) atoms. The van der Waals surface area contributed by atoms with Crippen molar-refractivity contribution in [2.75, 3.05) is 25.5 Å². The fraction of sp³-hybridized carbons (Fsp3) is 0.500. The molecule has 0 aromatic heterocycles. The largest absolute Gasteiger partial charge is 0.378 e. The Labute approximate surface area is 85.7 Å². The van der Waals surface area contributed by atoms with Gasteiger partial charge in [0.15, 0.2) is 0 Å². The normalized spacial score (nSPS) is 24.8. The second kappa shape index (κ2) is 3.62. The van der Waals surface area contributed by atoms with Crippen LogP contribution in [0.25, 0.3) is 0 Å². The van der Waals surface area contributed by atoms with E-state index in [0.29, 0.717) is 0 Å². The van der Waals surface area contributed by atoms with Crippen molar-refractivity contribution < 1.29 is 0 Å². The first kappa shape index (κ1) is 9.53. The molecule has 2 heteroatoms. The molecule has 2 rings (SSSR count). The van der Waals surface area contributed by atoms with Gasteiger partial charge in [0, 0.05) is 19.8 Å². The predicted molar refractivity (Wildman–Crippen MR) is 60.7 cm³/mol. The van der Waals surface area contributed by atoms with Gasteiger partial charge in [-0.2, -0.15) is 0 Å². The molecule has 1 aliphatic rings. The van der Waals surface area contributed by atoms with Gasteiger partial charge in [-0.15, -0.1) is 0 Å². The Bertz CT molecular complexity index is 303. The lowest BCUT2D eigenvalue weighted by atomic mass is 10.1. The lowest BCUT2D eigenvalue weighted by Crippen LogP contribution is -2.08. The van der Waals surface area contributed by atoms with E-state index in [0.717, 1.165) is 18.4 Å². The number of rotatable bonds is 3. The zero-order valence-electron chi connectivity index (χ0n) is 8.90. The number of benzene rings is 1. The molecule has 0 saturated heterocycles. The third kappa shape index (κ3) is 1.75. The summed E-state index contributed by atoms with van der Waals surface area (Å²) in [5, 5.41) is 0. The van der Waals surface area contributed by atoms with Crippen LogP contribution in [0.5, 0.6) is 0 Å². The summed E-state index contributed by atoms with van der Waals surface area (Å²) in [5.74, 6) is 1.47. The lowest BCUT2D eigenvalue weighted by molar-refractivity contribution is 0.809. The van der Waals surface area contributed by atoms with Crippen molar-refractivity contribution in [3.8, 4) is 0 Å². The maximum Gasteiger partial charge on any atom is 0.0361 e. The van der Waals surface area contributed by atoms with Crippen LogP contribution in [0.3, 0.4) is 0 Å². The first-order valence-electron chi connectivity index (χ1n) is 5.19. The van der Waals surface area contributed by atoms with E-state index in [4.69, 9.17) is 5.73 Å². The molecule has 1 aromatic rings. The molecule has 1 aliphatic carbocycles. The summed E-state index contributed by atoms with van der Waals surface area (Å²) < 4.78 is 0. The van der Waals surface area contributed by atoms with E-state index in [2.05, 4.69) is 43.3 Å². The second-order valence-electron chi connectivity index (χ2n) is 4.32. The molecule has 1 aromatic carbocycles. The molecule has 0 amide bonds. The molecule has 1 fully saturated rings. The van der Waals surface area contributed by atoms with Crippen LogP contribution in [0.2, 0.25) is 0 Å². The average Bonchev–Trinajstić information content (AvgIpc) is 2.97. The highest BCUT2D eigenvalue weighted by molar-refractivity contribution is 5.47. The van der Waals surface area contributed by atoms with Gasteiger partial charge in [0.25, 0.3) is 0 Å². The summed E-state index contributed by atoms with van der Waals surface area (Å²) in [6, 6.07) is 8.83. The van der Waals surface area contributed by atoms with E-state index in [1.54, 1.807) is 0 Å². The van der Waals surface area contributed by atoms with Crippen molar-refractivity contribution in [1.29, 1.82) is 0 Å². The van der Waals surface area contributed by atoms with Gasteiger partial charge in [0.05, 0.1) is 0 Å². The maximum atomic E-state index is 5.63. The van der Waals surface area contributed by atoms with Crippen LogP contribution < -0.4 is 10.6 Å². The molecule has 76 valence electrons. The van der Waals surface area contributed by atoms with Gasteiger partial charge in [-0.3, -0.25) is 0 Å². The third-order valence-corrected chi connectivity index (χ3v) is 3.06. The minimum Gasteiger partial charge on any atom is -0.378 e. The Hall–Kier alpha value is -1.02. The van der Waals surface area contributed by atoms with Gasteiger partial charge in [0.2, 0.25) is 0 Å². The molecular formula is C12H18N2. The monoisotopic (exact) mass is 190 g/mol. The zero-order chi connectivity index (χ0) is 10.1. The van der Waals surface area contributed by atoms with E-state index in [-0.39, 0.29) is 0 Å². The molecule has 2 nitrogen and oxygen atoms in total. The Morgan fingerprint density at radius 3 is 2.36 bits per heavy atom. The minimum atomic E-state index is 0.733. The fourth-order valence-corrected chi connectivity index (χ4v) is 1.94. The summed E-state index contributed by atoms with van der Waals surface area (Å²) in [5.41, 5.74) is 8.34. The van der Waals surface area contributed by atoms with Crippen LogP contribution in [0, 0.1) is 5.92 Å². The Balaban J connectivity index is 2.08. The van der Waals surface area contributed by atoms with Crippen LogP contribution in [0.4, 0.5) is 5.69 Å². The van der Waals surface area contributed by atoms with Crippen molar-refractivity contribution in [3.63, 3.8) is 0 Å². The van der Waals surface area contributed by atoms with Gasteiger partial charge in [-0.1, -0.05) is 12.1 Å². The van der Waals surface area contributed by atoms with E-state index in [9.17, 15) is 0 Å². The smallest absolute Gasteiger partial charge is 0.0361 e. The average molecular weight is 190 g/mol. The van der Waals surface area contributed by atoms with Crippen molar-refractivity contribution in [2.45, 2.75) is 12.3 Å². The summed E-state index contributed by atoms with van der Waals surface area (Å²) in [6.07, 6.45) is 1.28. The van der Waals surface area contributed by atoms with Gasteiger partial charge >= 0.3 is 0 Å². The molecule has 0 heterocycles. The molecule has 0 radical (unpaired) electrons. The van der Waals surface area contributed by atoms with E-state index < -0.39 is 0 Å². The third-order valence-electron chi connectivity index (χ3n) is 3.06. The number of nitrogens with zero attached hydrogens (tertiary/aromatic N) is 1. The SMILES string of the molecule is CN(C)c1ccc([C@H]2C[C@@H]2CN)cc1. The van der Waals surface area contributed by atoms with E-state index in [1.807, 2.05) is 0 Å². The van der Waals surface area contributed by atoms with Gasteiger partial charge in [-0.05, 0) is 42.5 Å². The standard InChI is InChI=1S/C12H18N2/c1-14(2)11-5-3-9(4-6-11)12-7-10(12)8-13/h3-6,10,12H,7-8,13H2,1-2H3/t10-,12-/m1/s1. The van der Waals surface area contributed by atoms with Crippen LogP contribution >= 0.6 is 0 Å². The molecule has 0 unspecified atom stereocenters. The fourth-order valence-electron chi connectivity index (χ4n) is 1.94. The number of anilines is 1. The molecule has 1 saturated carbocycles. The van der Waals surface area contributed by atoms with Gasteiger partial charge in [-0.25, -0.2) is 0 Å². The quantitative estimate of drug-likeness (QED) is 0.787. The lowest BCUT2D eigenvalue weighted by Gasteiger charge is -2.12. The Morgan fingerprint density at radius 2 is 1.93 bits per heavy atom. The molecule has 2 N–H and O–H groups in total.